The lowest BCUT2D eigenvalue weighted by Crippen LogP contribution is -2.34. The van der Waals surface area contributed by atoms with Crippen LogP contribution in [0.1, 0.15) is 27.0 Å². The van der Waals surface area contributed by atoms with Crippen molar-refractivity contribution in [2.24, 2.45) is 0 Å². The summed E-state index contributed by atoms with van der Waals surface area (Å²) >= 11 is 0. The summed E-state index contributed by atoms with van der Waals surface area (Å²) in [6.45, 7) is 2.70. The van der Waals surface area contributed by atoms with Crippen LogP contribution >= 0.6 is 0 Å². The van der Waals surface area contributed by atoms with E-state index in [1.165, 1.54) is 11.1 Å². The number of carboxylic acid groups (broad SMARTS) is 1. The molecule has 1 unspecified atom stereocenters. The zero-order valence-corrected chi connectivity index (χ0v) is 12.6. The van der Waals surface area contributed by atoms with Gasteiger partial charge < -0.3 is 15.5 Å². The molecule has 0 saturated heterocycles. The van der Waals surface area contributed by atoms with Gasteiger partial charge in [-0.25, -0.2) is 4.79 Å². The highest BCUT2D eigenvalue weighted by Gasteiger charge is 2.09. The number of aliphatic hydroxyl groups excluding tert-OH is 1. The molecule has 4 heteroatoms. The first-order valence-corrected chi connectivity index (χ1v) is 7.30. The van der Waals surface area contributed by atoms with Crippen LogP contribution in [0.15, 0.2) is 48.5 Å². The summed E-state index contributed by atoms with van der Waals surface area (Å²) < 4.78 is 0. The fourth-order valence-electron chi connectivity index (χ4n) is 2.35. The molecule has 3 N–H and O–H groups in total. The molecule has 0 aromatic heterocycles. The van der Waals surface area contributed by atoms with Crippen molar-refractivity contribution in [2.45, 2.75) is 25.9 Å². The number of carbonyl (C=O) groups is 1. The number of hydrogen-bond acceptors (Lipinski definition) is 3. The Morgan fingerprint density at radius 2 is 1.86 bits per heavy atom. The summed E-state index contributed by atoms with van der Waals surface area (Å²) in [5, 5.41) is 21.7. The van der Waals surface area contributed by atoms with E-state index < -0.39 is 5.97 Å². The van der Waals surface area contributed by atoms with E-state index in [0.717, 1.165) is 12.0 Å². The molecule has 2 rings (SSSR count). The number of aliphatic hydroxyl groups is 1. The maximum Gasteiger partial charge on any atom is 0.335 e. The van der Waals surface area contributed by atoms with Crippen molar-refractivity contribution >= 4 is 5.97 Å². The minimum atomic E-state index is -0.924. The zero-order chi connectivity index (χ0) is 15.9. The maximum atomic E-state index is 10.8. The predicted octanol–water partition coefficient (Wildman–Crippen LogP) is 2.39. The largest absolute Gasteiger partial charge is 0.478 e. The second kappa shape index (κ2) is 7.73. The molecule has 0 amide bonds. The fraction of sp³-hybridized carbons (Fsp3) is 0.278. The maximum absolute atomic E-state index is 10.8. The Morgan fingerprint density at radius 3 is 2.45 bits per heavy atom. The fourth-order valence-corrected chi connectivity index (χ4v) is 2.35. The van der Waals surface area contributed by atoms with Gasteiger partial charge in [-0.05, 0) is 36.6 Å². The molecule has 0 radical (unpaired) electrons. The van der Waals surface area contributed by atoms with Gasteiger partial charge in [0.05, 0.1) is 12.2 Å². The third-order valence-corrected chi connectivity index (χ3v) is 3.58. The van der Waals surface area contributed by atoms with Crippen molar-refractivity contribution < 1.29 is 15.0 Å². The Kier molecular flexibility index (Phi) is 5.69. The third kappa shape index (κ3) is 4.69. The smallest absolute Gasteiger partial charge is 0.335 e. The third-order valence-electron chi connectivity index (χ3n) is 3.58. The highest BCUT2D eigenvalue weighted by molar-refractivity contribution is 5.87. The quantitative estimate of drug-likeness (QED) is 0.734. The molecule has 0 spiro atoms. The first-order valence-electron chi connectivity index (χ1n) is 7.30. The summed E-state index contributed by atoms with van der Waals surface area (Å²) in [5.41, 5.74) is 3.67. The summed E-state index contributed by atoms with van der Waals surface area (Å²) in [6, 6.07) is 15.0. The molecule has 4 nitrogen and oxygen atoms in total. The van der Waals surface area contributed by atoms with E-state index in [9.17, 15) is 9.90 Å². The average Bonchev–Trinajstić information content (AvgIpc) is 2.52. The minimum absolute atomic E-state index is 0.0269. The Hall–Kier alpha value is -2.17. The molecule has 2 aromatic rings. The van der Waals surface area contributed by atoms with E-state index in [4.69, 9.17) is 5.11 Å². The topological polar surface area (TPSA) is 69.6 Å². The number of aromatic carboxylic acids is 1. The lowest BCUT2D eigenvalue weighted by Gasteiger charge is -2.17. The van der Waals surface area contributed by atoms with Crippen LogP contribution in [0.3, 0.4) is 0 Å². The monoisotopic (exact) mass is 299 g/mol. The van der Waals surface area contributed by atoms with Crippen molar-refractivity contribution in [2.75, 3.05) is 6.61 Å². The summed E-state index contributed by atoms with van der Waals surface area (Å²) in [5.74, 6) is -0.924. The molecule has 2 aromatic carbocycles. The van der Waals surface area contributed by atoms with Gasteiger partial charge in [0.1, 0.15) is 0 Å². The first kappa shape index (κ1) is 16.2. The van der Waals surface area contributed by atoms with Gasteiger partial charge in [0.2, 0.25) is 0 Å². The van der Waals surface area contributed by atoms with Gasteiger partial charge in [-0.1, -0.05) is 42.0 Å². The number of nitrogens with one attached hydrogen (secondary N) is 1. The van der Waals surface area contributed by atoms with Crippen LogP contribution in [0.5, 0.6) is 0 Å². The number of aryl methyl sites for hydroxylation is 1. The number of rotatable bonds is 7. The van der Waals surface area contributed by atoms with E-state index >= 15 is 0 Å². The van der Waals surface area contributed by atoms with Crippen LogP contribution in [-0.4, -0.2) is 28.8 Å². The molecule has 0 heterocycles. The number of carboxylic acids is 1. The van der Waals surface area contributed by atoms with E-state index in [-0.39, 0.29) is 18.2 Å². The van der Waals surface area contributed by atoms with E-state index in [2.05, 4.69) is 30.4 Å². The van der Waals surface area contributed by atoms with Crippen LogP contribution in [0.25, 0.3) is 0 Å². The molecule has 1 atom stereocenters. The van der Waals surface area contributed by atoms with Crippen molar-refractivity contribution in [3.63, 3.8) is 0 Å². The molecule has 0 aliphatic rings. The predicted molar refractivity (Wildman–Crippen MR) is 86.0 cm³/mol. The van der Waals surface area contributed by atoms with Crippen molar-refractivity contribution in [3.05, 3.63) is 70.8 Å². The first-order chi connectivity index (χ1) is 10.6. The minimum Gasteiger partial charge on any atom is -0.478 e. The normalized spacial score (nSPS) is 12.1. The Labute approximate surface area is 130 Å². The van der Waals surface area contributed by atoms with Crippen LogP contribution in [0.4, 0.5) is 0 Å². The van der Waals surface area contributed by atoms with Crippen LogP contribution in [0.2, 0.25) is 0 Å². The van der Waals surface area contributed by atoms with Gasteiger partial charge in [0.15, 0.2) is 0 Å². The molecule has 116 valence electrons. The summed E-state index contributed by atoms with van der Waals surface area (Å²) in [4.78, 5) is 10.8. The van der Waals surface area contributed by atoms with Crippen LogP contribution in [0, 0.1) is 6.92 Å². The SMILES string of the molecule is Cc1cccc(CC(CO)NCc2ccc(C(=O)O)cc2)c1. The molecular weight excluding hydrogens is 278 g/mol. The van der Waals surface area contributed by atoms with Crippen molar-refractivity contribution in [3.8, 4) is 0 Å². The van der Waals surface area contributed by atoms with E-state index in [1.807, 2.05) is 6.07 Å². The summed E-state index contributed by atoms with van der Waals surface area (Å²) in [7, 11) is 0. The standard InChI is InChI=1S/C18H21NO3/c1-13-3-2-4-15(9-13)10-17(12-20)19-11-14-5-7-16(8-6-14)18(21)22/h2-9,17,19-20H,10-12H2,1H3,(H,21,22). The van der Waals surface area contributed by atoms with Crippen LogP contribution in [-0.2, 0) is 13.0 Å². The molecule has 0 saturated carbocycles. The molecule has 22 heavy (non-hydrogen) atoms. The lowest BCUT2D eigenvalue weighted by molar-refractivity contribution is 0.0697. The average molecular weight is 299 g/mol. The molecule has 0 bridgehead atoms. The van der Waals surface area contributed by atoms with Crippen LogP contribution < -0.4 is 5.32 Å². The number of benzene rings is 2. The second-order valence-electron chi connectivity index (χ2n) is 5.46. The molecule has 0 aliphatic carbocycles. The molecule has 0 aliphatic heterocycles. The molecule has 0 fully saturated rings. The highest BCUT2D eigenvalue weighted by atomic mass is 16.4. The lowest BCUT2D eigenvalue weighted by atomic mass is 10.0. The van der Waals surface area contributed by atoms with Crippen molar-refractivity contribution in [1.82, 2.24) is 5.32 Å². The Morgan fingerprint density at radius 1 is 1.14 bits per heavy atom. The van der Waals surface area contributed by atoms with Gasteiger partial charge in [-0.3, -0.25) is 0 Å². The molecular formula is C18H21NO3. The van der Waals surface area contributed by atoms with Gasteiger partial charge in [0, 0.05) is 12.6 Å². The second-order valence-corrected chi connectivity index (χ2v) is 5.46. The van der Waals surface area contributed by atoms with Crippen molar-refractivity contribution in [1.29, 1.82) is 0 Å². The van der Waals surface area contributed by atoms with Gasteiger partial charge in [0.25, 0.3) is 0 Å². The van der Waals surface area contributed by atoms with Gasteiger partial charge in [-0.2, -0.15) is 0 Å². The zero-order valence-electron chi connectivity index (χ0n) is 12.6. The van der Waals surface area contributed by atoms with E-state index in [1.54, 1.807) is 24.3 Å². The number of hydrogen-bond donors (Lipinski definition) is 3. The summed E-state index contributed by atoms with van der Waals surface area (Å²) in [6.07, 6.45) is 0.755. The van der Waals surface area contributed by atoms with E-state index in [0.29, 0.717) is 6.54 Å². The van der Waals surface area contributed by atoms with Gasteiger partial charge >= 0.3 is 5.97 Å². The Balaban J connectivity index is 1.91. The van der Waals surface area contributed by atoms with Gasteiger partial charge in [-0.15, -0.1) is 0 Å². The Bertz CT molecular complexity index is 622. The highest BCUT2D eigenvalue weighted by Crippen LogP contribution is 2.08.